The summed E-state index contributed by atoms with van der Waals surface area (Å²) in [6.07, 6.45) is 0. The third-order valence-electron chi connectivity index (χ3n) is 3.31. The highest BCUT2D eigenvalue weighted by molar-refractivity contribution is 9.11. The fourth-order valence-corrected chi connectivity index (χ4v) is 6.76. The molecule has 0 bridgehead atoms. The zero-order valence-electron chi connectivity index (χ0n) is 10.6. The molecule has 106 valence electrons. The van der Waals surface area contributed by atoms with Crippen molar-refractivity contribution >= 4 is 53.6 Å². The lowest BCUT2D eigenvalue weighted by Crippen LogP contribution is -2.47. The summed E-state index contributed by atoms with van der Waals surface area (Å²) >= 11 is 8.50. The normalized spacial score (nSPS) is 25.5. The number of hydrogen-bond donors (Lipinski definition) is 0. The van der Waals surface area contributed by atoms with Crippen LogP contribution in [0.4, 0.5) is 0 Å². The number of sulfonamides is 1. The molecule has 3 nitrogen and oxygen atoms in total. The molecule has 2 atom stereocenters. The van der Waals surface area contributed by atoms with Gasteiger partial charge in [-0.3, -0.25) is 0 Å². The molecule has 1 aliphatic heterocycles. The van der Waals surface area contributed by atoms with Crippen LogP contribution < -0.4 is 0 Å². The summed E-state index contributed by atoms with van der Waals surface area (Å²) in [6, 6.07) is 5.17. The van der Waals surface area contributed by atoms with Crippen LogP contribution in [0, 0.1) is 0 Å². The Bertz CT molecular complexity index is 577. The summed E-state index contributed by atoms with van der Waals surface area (Å²) in [6.45, 7) is 4.62. The molecule has 0 amide bonds. The maximum atomic E-state index is 12.7. The Balaban J connectivity index is 2.41. The largest absolute Gasteiger partial charge is 0.244 e. The molecule has 0 aromatic heterocycles. The van der Waals surface area contributed by atoms with Gasteiger partial charge in [0, 0.05) is 32.5 Å². The van der Waals surface area contributed by atoms with Gasteiger partial charge in [0.1, 0.15) is 0 Å². The smallest absolute Gasteiger partial charge is 0.207 e. The zero-order chi connectivity index (χ0) is 14.2. The number of hydrogen-bond acceptors (Lipinski definition) is 3. The van der Waals surface area contributed by atoms with Crippen LogP contribution in [0.3, 0.4) is 0 Å². The van der Waals surface area contributed by atoms with Crippen molar-refractivity contribution in [2.75, 3.05) is 12.3 Å². The third-order valence-corrected chi connectivity index (χ3v) is 8.10. The Kier molecular flexibility index (Phi) is 5.04. The average molecular weight is 429 g/mol. The second-order valence-corrected chi connectivity index (χ2v) is 9.62. The number of halogens is 2. The molecule has 19 heavy (non-hydrogen) atoms. The van der Waals surface area contributed by atoms with E-state index >= 15 is 0 Å². The molecule has 0 spiro atoms. The van der Waals surface area contributed by atoms with E-state index in [1.165, 1.54) is 0 Å². The molecule has 1 aromatic rings. The van der Waals surface area contributed by atoms with Gasteiger partial charge < -0.3 is 0 Å². The van der Waals surface area contributed by atoms with E-state index in [9.17, 15) is 8.42 Å². The van der Waals surface area contributed by atoms with Gasteiger partial charge in [0.25, 0.3) is 0 Å². The van der Waals surface area contributed by atoms with E-state index in [-0.39, 0.29) is 6.04 Å². The first-order valence-electron chi connectivity index (χ1n) is 5.92. The topological polar surface area (TPSA) is 37.4 Å². The van der Waals surface area contributed by atoms with Crippen LogP contribution in [-0.4, -0.2) is 36.3 Å². The van der Waals surface area contributed by atoms with Crippen molar-refractivity contribution in [2.45, 2.75) is 30.0 Å². The van der Waals surface area contributed by atoms with Crippen molar-refractivity contribution in [3.05, 3.63) is 27.1 Å². The molecule has 0 saturated carbocycles. The second-order valence-electron chi connectivity index (χ2n) is 4.51. The molecular weight excluding hydrogens is 414 g/mol. The predicted molar refractivity (Wildman–Crippen MR) is 87.1 cm³/mol. The molecule has 7 heteroatoms. The Labute approximate surface area is 135 Å². The van der Waals surface area contributed by atoms with E-state index in [0.717, 1.165) is 10.2 Å². The van der Waals surface area contributed by atoms with Crippen molar-refractivity contribution in [1.29, 1.82) is 0 Å². The summed E-state index contributed by atoms with van der Waals surface area (Å²) in [4.78, 5) is 0.335. The molecular formula is C12H15Br2NO2S2. The lowest BCUT2D eigenvalue weighted by molar-refractivity contribution is 0.340. The molecule has 1 fully saturated rings. The van der Waals surface area contributed by atoms with Gasteiger partial charge in [0.2, 0.25) is 10.0 Å². The van der Waals surface area contributed by atoms with Crippen LogP contribution >= 0.6 is 43.6 Å². The summed E-state index contributed by atoms with van der Waals surface area (Å²) in [5, 5.41) is 0.317. The van der Waals surface area contributed by atoms with E-state index in [1.807, 2.05) is 18.7 Å². The van der Waals surface area contributed by atoms with Gasteiger partial charge in [-0.1, -0.05) is 22.9 Å². The summed E-state index contributed by atoms with van der Waals surface area (Å²) in [7, 11) is -3.44. The van der Waals surface area contributed by atoms with Gasteiger partial charge in [-0.05, 0) is 41.1 Å². The molecule has 1 aromatic carbocycles. The van der Waals surface area contributed by atoms with Crippen LogP contribution in [0.1, 0.15) is 13.8 Å². The molecule has 1 saturated heterocycles. The van der Waals surface area contributed by atoms with Gasteiger partial charge in [-0.2, -0.15) is 16.1 Å². The predicted octanol–water partition coefficient (Wildman–Crippen LogP) is 3.73. The first-order valence-corrected chi connectivity index (χ1v) is 10.00. The fourth-order valence-electron chi connectivity index (χ4n) is 2.06. The highest BCUT2D eigenvalue weighted by Crippen LogP contribution is 2.33. The molecule has 0 aliphatic carbocycles. The quantitative estimate of drug-likeness (QED) is 0.720. The van der Waals surface area contributed by atoms with Crippen molar-refractivity contribution in [3.8, 4) is 0 Å². The summed E-state index contributed by atoms with van der Waals surface area (Å²) in [5.74, 6) is 0.846. The molecule has 1 aliphatic rings. The van der Waals surface area contributed by atoms with Gasteiger partial charge in [-0.25, -0.2) is 8.42 Å². The maximum absolute atomic E-state index is 12.7. The van der Waals surface area contributed by atoms with Crippen molar-refractivity contribution < 1.29 is 8.42 Å². The monoisotopic (exact) mass is 427 g/mol. The van der Waals surface area contributed by atoms with Gasteiger partial charge in [-0.15, -0.1) is 0 Å². The molecule has 0 radical (unpaired) electrons. The second kappa shape index (κ2) is 6.05. The molecule has 2 unspecified atom stereocenters. The van der Waals surface area contributed by atoms with Crippen molar-refractivity contribution in [3.63, 3.8) is 0 Å². The van der Waals surface area contributed by atoms with Crippen LogP contribution in [0.15, 0.2) is 32.0 Å². The number of benzene rings is 1. The van der Waals surface area contributed by atoms with Gasteiger partial charge >= 0.3 is 0 Å². The van der Waals surface area contributed by atoms with E-state index in [4.69, 9.17) is 0 Å². The van der Waals surface area contributed by atoms with E-state index in [0.29, 0.717) is 21.2 Å². The highest BCUT2D eigenvalue weighted by atomic mass is 79.9. The first kappa shape index (κ1) is 15.8. The summed E-state index contributed by atoms with van der Waals surface area (Å²) < 4.78 is 28.6. The standard InChI is InChI=1S/C12H15Br2NO2S2/c1-8-9(2)18-6-5-15(8)19(16,17)12-4-3-10(13)7-11(12)14/h3-4,7-9H,5-6H2,1-2H3. The lowest BCUT2D eigenvalue weighted by atomic mass is 10.2. The maximum Gasteiger partial charge on any atom is 0.244 e. The van der Waals surface area contributed by atoms with E-state index < -0.39 is 10.0 Å². The number of thioether (sulfide) groups is 1. The number of rotatable bonds is 2. The van der Waals surface area contributed by atoms with Crippen molar-refractivity contribution in [2.24, 2.45) is 0 Å². The average Bonchev–Trinajstić information content (AvgIpc) is 2.31. The van der Waals surface area contributed by atoms with Crippen LogP contribution in [0.2, 0.25) is 0 Å². The minimum atomic E-state index is -3.44. The minimum Gasteiger partial charge on any atom is -0.207 e. The Hall–Kier alpha value is 0.440. The molecule has 2 rings (SSSR count). The minimum absolute atomic E-state index is 0.0132. The SMILES string of the molecule is CC1SCCN(S(=O)(=O)c2ccc(Br)cc2Br)C1C. The van der Waals surface area contributed by atoms with Crippen LogP contribution in [-0.2, 0) is 10.0 Å². The van der Waals surface area contributed by atoms with Crippen LogP contribution in [0.25, 0.3) is 0 Å². The summed E-state index contributed by atoms with van der Waals surface area (Å²) in [5.41, 5.74) is 0. The number of nitrogens with zero attached hydrogens (tertiary/aromatic N) is 1. The first-order chi connectivity index (χ1) is 8.84. The highest BCUT2D eigenvalue weighted by Gasteiger charge is 2.35. The third kappa shape index (κ3) is 3.20. The Morgan fingerprint density at radius 1 is 1.32 bits per heavy atom. The van der Waals surface area contributed by atoms with Crippen molar-refractivity contribution in [1.82, 2.24) is 4.31 Å². The zero-order valence-corrected chi connectivity index (χ0v) is 15.4. The van der Waals surface area contributed by atoms with E-state index in [2.05, 4.69) is 38.8 Å². The molecule has 1 heterocycles. The Morgan fingerprint density at radius 2 is 2.00 bits per heavy atom. The fraction of sp³-hybridized carbons (Fsp3) is 0.500. The van der Waals surface area contributed by atoms with E-state index in [1.54, 1.807) is 22.5 Å². The van der Waals surface area contributed by atoms with Gasteiger partial charge in [0.15, 0.2) is 0 Å². The van der Waals surface area contributed by atoms with Gasteiger partial charge in [0.05, 0.1) is 4.90 Å². The lowest BCUT2D eigenvalue weighted by Gasteiger charge is -2.36. The Morgan fingerprint density at radius 3 is 2.63 bits per heavy atom. The molecule has 0 N–H and O–H groups in total. The van der Waals surface area contributed by atoms with Crippen LogP contribution in [0.5, 0.6) is 0 Å².